The van der Waals surface area contributed by atoms with Crippen LogP contribution >= 0.6 is 0 Å². The number of piperidine rings is 1. The van der Waals surface area contributed by atoms with Crippen LogP contribution in [0.4, 0.5) is 0 Å². The van der Waals surface area contributed by atoms with Crippen LogP contribution in [0.3, 0.4) is 0 Å². The summed E-state index contributed by atoms with van der Waals surface area (Å²) in [6, 6.07) is 6.08. The fraction of sp³-hybridized carbons (Fsp3) is 0.333. The average Bonchev–Trinajstić information content (AvgIpc) is 3.10. The highest BCUT2D eigenvalue weighted by atomic mass is 16.2. The van der Waals surface area contributed by atoms with Crippen molar-refractivity contribution in [1.82, 2.24) is 19.9 Å². The Balaban J connectivity index is 1.67. The molecule has 0 spiro atoms. The Morgan fingerprint density at radius 1 is 1.33 bits per heavy atom. The van der Waals surface area contributed by atoms with Gasteiger partial charge in [0, 0.05) is 36.3 Å². The number of nitrogens with zero attached hydrogens (tertiary/aromatic N) is 4. The molecule has 1 aliphatic rings. The first-order chi connectivity index (χ1) is 11.8. The maximum absolute atomic E-state index is 11.9. The topological polar surface area (TPSA) is 85.7 Å². The second kappa shape index (κ2) is 5.93. The summed E-state index contributed by atoms with van der Waals surface area (Å²) in [6.45, 7) is 1.41. The van der Waals surface area contributed by atoms with E-state index in [1.807, 2.05) is 24.5 Å². The van der Waals surface area contributed by atoms with E-state index in [1.165, 1.54) is 10.9 Å². The predicted octanol–water partition coefficient (Wildman–Crippen LogP) is 2.73. The summed E-state index contributed by atoms with van der Waals surface area (Å²) >= 11 is 0. The molecule has 1 aliphatic heterocycles. The van der Waals surface area contributed by atoms with Crippen molar-refractivity contribution < 1.29 is 4.79 Å². The zero-order valence-corrected chi connectivity index (χ0v) is 13.2. The number of hydrogen-bond acceptors (Lipinski definition) is 4. The van der Waals surface area contributed by atoms with Crippen LogP contribution in [0.1, 0.15) is 30.7 Å². The van der Waals surface area contributed by atoms with E-state index in [0.29, 0.717) is 19.0 Å². The Labute approximate surface area is 139 Å². The summed E-state index contributed by atoms with van der Waals surface area (Å²) < 4.78 is 0. The van der Waals surface area contributed by atoms with Crippen molar-refractivity contribution in [3.05, 3.63) is 36.3 Å². The number of carbonyl (C=O) groups excluding carboxylic acids is 1. The molecule has 4 rings (SSSR count). The molecule has 6 heteroatoms. The number of hydrogen-bond donors (Lipinski definition) is 1. The van der Waals surface area contributed by atoms with Gasteiger partial charge in [0.25, 0.3) is 0 Å². The second-order valence-electron chi connectivity index (χ2n) is 6.15. The number of carbonyl (C=O) groups is 1. The number of rotatable bonds is 2. The standard InChI is InChI=1S/C18H17N5O/c19-6-1-16(24)23-9-4-12(5-10-23)13-2-7-20-15-11-22-18-14(17(13)15)3-8-21-18/h2-3,7-8,11-12,20H,1,4-5,9-10H2. The fourth-order valence-corrected chi connectivity index (χ4v) is 3.64. The van der Waals surface area contributed by atoms with Crippen LogP contribution in [0, 0.1) is 11.3 Å². The van der Waals surface area contributed by atoms with Crippen LogP contribution in [-0.4, -0.2) is 38.8 Å². The van der Waals surface area contributed by atoms with E-state index in [4.69, 9.17) is 5.26 Å². The lowest BCUT2D eigenvalue weighted by molar-refractivity contribution is -0.131. The summed E-state index contributed by atoms with van der Waals surface area (Å²) in [5.74, 6) is 0.336. The number of aromatic amines is 1. The molecule has 0 aliphatic carbocycles. The molecule has 120 valence electrons. The zero-order valence-electron chi connectivity index (χ0n) is 13.2. The lowest BCUT2D eigenvalue weighted by Crippen LogP contribution is -2.37. The van der Waals surface area contributed by atoms with E-state index < -0.39 is 0 Å². The van der Waals surface area contributed by atoms with Crippen molar-refractivity contribution in [2.45, 2.75) is 25.2 Å². The van der Waals surface area contributed by atoms with Gasteiger partial charge in [0.2, 0.25) is 5.91 Å². The number of fused-ring (bicyclic) bond motifs is 3. The number of H-pyrrole nitrogens is 1. The SMILES string of the molecule is N#CCC(=O)N1CCC(c2cc[nH]c3cnc4nccc4c23)CC1. The number of pyridine rings is 2. The molecule has 1 saturated heterocycles. The minimum atomic E-state index is -0.0611. The molecule has 0 bridgehead atoms. The molecule has 6 nitrogen and oxygen atoms in total. The van der Waals surface area contributed by atoms with Crippen LogP contribution in [0.5, 0.6) is 0 Å². The average molecular weight is 319 g/mol. The highest BCUT2D eigenvalue weighted by Crippen LogP contribution is 2.35. The van der Waals surface area contributed by atoms with Crippen molar-refractivity contribution in [2.75, 3.05) is 13.1 Å². The van der Waals surface area contributed by atoms with Crippen molar-refractivity contribution in [3.8, 4) is 6.07 Å². The third-order valence-electron chi connectivity index (χ3n) is 4.84. The van der Waals surface area contributed by atoms with Crippen LogP contribution in [-0.2, 0) is 4.79 Å². The first-order valence-electron chi connectivity index (χ1n) is 8.13. The van der Waals surface area contributed by atoms with Crippen LogP contribution in [0.2, 0.25) is 0 Å². The normalized spacial score (nSPS) is 15.7. The molecule has 0 radical (unpaired) electrons. The minimum absolute atomic E-state index is 0.0284. The largest absolute Gasteiger partial charge is 0.360 e. The van der Waals surface area contributed by atoms with Gasteiger partial charge in [-0.2, -0.15) is 5.26 Å². The Bertz CT molecular complexity index is 947. The Hall–Kier alpha value is -2.94. The molecule has 1 amide bonds. The van der Waals surface area contributed by atoms with Crippen molar-refractivity contribution in [2.24, 2.45) is 0 Å². The minimum Gasteiger partial charge on any atom is -0.360 e. The fourth-order valence-electron chi connectivity index (χ4n) is 3.64. The van der Waals surface area contributed by atoms with Gasteiger partial charge in [-0.3, -0.25) is 4.79 Å². The molecule has 24 heavy (non-hydrogen) atoms. The van der Waals surface area contributed by atoms with Crippen molar-refractivity contribution >= 4 is 27.8 Å². The van der Waals surface area contributed by atoms with Crippen LogP contribution in [0.25, 0.3) is 21.9 Å². The van der Waals surface area contributed by atoms with Gasteiger partial charge in [-0.15, -0.1) is 0 Å². The van der Waals surface area contributed by atoms with Crippen molar-refractivity contribution in [1.29, 1.82) is 5.26 Å². The Kier molecular flexibility index (Phi) is 3.62. The molecule has 3 aromatic heterocycles. The first-order valence-corrected chi connectivity index (χ1v) is 8.13. The molecule has 4 heterocycles. The van der Waals surface area contributed by atoms with Gasteiger partial charge < -0.3 is 9.88 Å². The van der Waals surface area contributed by atoms with E-state index in [0.717, 1.165) is 29.4 Å². The van der Waals surface area contributed by atoms with Crippen molar-refractivity contribution in [3.63, 3.8) is 0 Å². The first kappa shape index (κ1) is 14.6. The monoisotopic (exact) mass is 319 g/mol. The van der Waals surface area contributed by atoms with Gasteiger partial charge in [-0.25, -0.2) is 9.97 Å². The molecule has 3 aromatic rings. The predicted molar refractivity (Wildman–Crippen MR) is 90.2 cm³/mol. The van der Waals surface area contributed by atoms with E-state index in [1.54, 1.807) is 11.1 Å². The zero-order chi connectivity index (χ0) is 16.5. The maximum atomic E-state index is 11.9. The molecular weight excluding hydrogens is 302 g/mol. The molecule has 0 aromatic carbocycles. The van der Waals surface area contributed by atoms with Crippen LogP contribution in [0.15, 0.2) is 30.7 Å². The van der Waals surface area contributed by atoms with E-state index in [9.17, 15) is 4.79 Å². The quantitative estimate of drug-likeness (QED) is 0.787. The lowest BCUT2D eigenvalue weighted by atomic mass is 9.87. The van der Waals surface area contributed by atoms with Gasteiger partial charge in [-0.05, 0) is 36.5 Å². The molecule has 0 saturated carbocycles. The highest BCUT2D eigenvalue weighted by molar-refractivity contribution is 6.05. The number of nitrogens with one attached hydrogen (secondary N) is 1. The Morgan fingerprint density at radius 2 is 2.17 bits per heavy atom. The van der Waals surface area contributed by atoms with E-state index in [2.05, 4.69) is 21.0 Å². The summed E-state index contributed by atoms with van der Waals surface area (Å²) in [4.78, 5) is 25.6. The van der Waals surface area contributed by atoms with Gasteiger partial charge in [0.15, 0.2) is 5.65 Å². The number of aromatic nitrogens is 3. The number of amides is 1. The molecule has 0 atom stereocenters. The summed E-state index contributed by atoms with van der Waals surface area (Å²) in [5.41, 5.74) is 3.07. The van der Waals surface area contributed by atoms with Gasteiger partial charge in [0.05, 0.1) is 17.8 Å². The Morgan fingerprint density at radius 3 is 2.96 bits per heavy atom. The number of nitriles is 1. The van der Waals surface area contributed by atoms with Crippen LogP contribution < -0.4 is 0 Å². The molecule has 1 N–H and O–H groups in total. The van der Waals surface area contributed by atoms with Gasteiger partial charge in [-0.1, -0.05) is 0 Å². The van der Waals surface area contributed by atoms with Gasteiger partial charge in [0.1, 0.15) is 6.42 Å². The lowest BCUT2D eigenvalue weighted by Gasteiger charge is -2.32. The van der Waals surface area contributed by atoms with Gasteiger partial charge >= 0.3 is 0 Å². The van der Waals surface area contributed by atoms with E-state index >= 15 is 0 Å². The molecule has 0 unspecified atom stereocenters. The maximum Gasteiger partial charge on any atom is 0.236 e. The summed E-state index contributed by atoms with van der Waals surface area (Å²) in [5, 5.41) is 10.9. The molecule has 1 fully saturated rings. The third kappa shape index (κ3) is 2.38. The smallest absolute Gasteiger partial charge is 0.236 e. The summed E-state index contributed by atoms with van der Waals surface area (Å²) in [7, 11) is 0. The number of likely N-dealkylation sites (tertiary alicyclic amines) is 1. The second-order valence-corrected chi connectivity index (χ2v) is 6.15. The van der Waals surface area contributed by atoms with E-state index in [-0.39, 0.29) is 12.3 Å². The molecular formula is C18H17N5O. The summed E-state index contributed by atoms with van der Waals surface area (Å²) in [6.07, 6.45) is 7.37. The highest BCUT2D eigenvalue weighted by Gasteiger charge is 2.25. The third-order valence-corrected chi connectivity index (χ3v) is 4.84.